The third-order valence-electron chi connectivity index (χ3n) is 3.28. The van der Waals surface area contributed by atoms with Crippen LogP contribution < -0.4 is 10.2 Å². The van der Waals surface area contributed by atoms with Gasteiger partial charge in [0.15, 0.2) is 0 Å². The van der Waals surface area contributed by atoms with Gasteiger partial charge in [-0.05, 0) is 0 Å². The van der Waals surface area contributed by atoms with Gasteiger partial charge in [-0.15, -0.1) is 0 Å². The standard InChI is InChI=1S/2C6H3N3O7.Ni.H2O/c2*10-6-4(8(13)14)1-3(7(11)12)2-5(6)9(15)16;;/h2*1-2,10H;;1H2/q;;+2;/p-2. The van der Waals surface area contributed by atoms with Crippen LogP contribution >= 0.6 is 0 Å². The number of hydrogen-bond donors (Lipinski definition) is 0. The molecule has 0 spiro atoms. The summed E-state index contributed by atoms with van der Waals surface area (Å²) in [5.41, 5.74) is -6.53. The van der Waals surface area contributed by atoms with Gasteiger partial charge in [-0.1, -0.05) is 0 Å². The Bertz CT molecular complexity index is 1020. The molecule has 0 aliphatic rings. The Morgan fingerprint density at radius 1 is 0.441 bits per heavy atom. The van der Waals surface area contributed by atoms with E-state index in [-0.39, 0.29) is 22.0 Å². The van der Waals surface area contributed by atoms with Gasteiger partial charge >= 0.3 is 16.5 Å². The predicted molar refractivity (Wildman–Crippen MR) is 95.3 cm³/mol. The third-order valence-corrected chi connectivity index (χ3v) is 3.28. The molecule has 2 aromatic rings. The van der Waals surface area contributed by atoms with Gasteiger partial charge in [-0.2, -0.15) is 0 Å². The van der Waals surface area contributed by atoms with Gasteiger partial charge in [0.1, 0.15) is 0 Å². The van der Waals surface area contributed by atoms with Crippen molar-refractivity contribution in [1.29, 1.82) is 0 Å². The molecular formula is C12H6N6NiO15. The van der Waals surface area contributed by atoms with Gasteiger partial charge in [0.2, 0.25) is 0 Å². The Kier molecular flexibility index (Phi) is 11.0. The fraction of sp³-hybridized carbons (Fsp3) is 0. The van der Waals surface area contributed by atoms with Crippen LogP contribution in [0.4, 0.5) is 34.1 Å². The first kappa shape index (κ1) is 31.1. The average molecular weight is 533 g/mol. The van der Waals surface area contributed by atoms with E-state index < -0.39 is 75.2 Å². The van der Waals surface area contributed by atoms with Crippen LogP contribution in [-0.4, -0.2) is 35.0 Å². The second-order valence-electron chi connectivity index (χ2n) is 5.17. The van der Waals surface area contributed by atoms with Gasteiger partial charge in [-0.3, -0.25) is 60.7 Å². The molecule has 2 rings (SSSR count). The summed E-state index contributed by atoms with van der Waals surface area (Å²) in [4.78, 5) is 55.0. The van der Waals surface area contributed by atoms with Crippen molar-refractivity contribution in [2.45, 2.75) is 0 Å². The molecule has 0 aliphatic heterocycles. The zero-order chi connectivity index (χ0) is 24.9. The SMILES string of the molecule is O.O=[N+]([O-])c1cc([N+](=O)[O-])c([O-])c([N+](=O)[O-])c1.O=[N+]([O-])c1cc([N+](=O)[O-])c([O-])c([N+](=O)[O-])c1.[Ni+2]. The molecule has 0 saturated carbocycles. The number of hydrogen-bond acceptors (Lipinski definition) is 14. The van der Waals surface area contributed by atoms with E-state index in [1.54, 1.807) is 0 Å². The van der Waals surface area contributed by atoms with Crippen molar-refractivity contribution in [3.8, 4) is 11.5 Å². The molecule has 0 bridgehead atoms. The fourth-order valence-corrected chi connectivity index (χ4v) is 1.92. The summed E-state index contributed by atoms with van der Waals surface area (Å²) in [5, 5.41) is 84.2. The summed E-state index contributed by atoms with van der Waals surface area (Å²) in [6, 6.07) is 1.54. The molecule has 21 nitrogen and oxygen atoms in total. The number of nitro benzene ring substituents is 6. The average Bonchev–Trinajstić information content (AvgIpc) is 2.67. The number of rotatable bonds is 6. The van der Waals surface area contributed by atoms with Crippen LogP contribution in [0.15, 0.2) is 24.3 Å². The normalized spacial score (nSPS) is 9.18. The van der Waals surface area contributed by atoms with Gasteiger partial charge < -0.3 is 15.7 Å². The molecule has 0 atom stereocenters. The number of benzene rings is 2. The van der Waals surface area contributed by atoms with E-state index in [9.17, 15) is 70.9 Å². The maximum atomic E-state index is 11.1. The summed E-state index contributed by atoms with van der Waals surface area (Å²) in [7, 11) is 0. The van der Waals surface area contributed by atoms with Crippen molar-refractivity contribution in [1.82, 2.24) is 0 Å². The van der Waals surface area contributed by atoms with Gasteiger partial charge in [0.05, 0.1) is 65.3 Å². The molecule has 0 amide bonds. The van der Waals surface area contributed by atoms with Crippen LogP contribution in [-0.2, 0) is 16.5 Å². The fourth-order valence-electron chi connectivity index (χ4n) is 1.92. The minimum atomic E-state index is -1.46. The molecule has 0 unspecified atom stereocenters. The van der Waals surface area contributed by atoms with Crippen LogP contribution in [0.3, 0.4) is 0 Å². The van der Waals surface area contributed by atoms with Crippen LogP contribution in [0.2, 0.25) is 0 Å². The van der Waals surface area contributed by atoms with Crippen molar-refractivity contribution in [3.63, 3.8) is 0 Å². The zero-order valence-corrected chi connectivity index (χ0v) is 16.5. The van der Waals surface area contributed by atoms with Crippen molar-refractivity contribution in [3.05, 3.63) is 85.0 Å². The minimum Gasteiger partial charge on any atom is -0.863 e. The maximum absolute atomic E-state index is 11.1. The van der Waals surface area contributed by atoms with Gasteiger partial charge in [-0.25, -0.2) is 0 Å². The molecule has 22 heteroatoms. The Morgan fingerprint density at radius 2 is 0.618 bits per heavy atom. The minimum absolute atomic E-state index is 0. The largest absolute Gasteiger partial charge is 2.00 e. The zero-order valence-electron chi connectivity index (χ0n) is 15.5. The maximum Gasteiger partial charge on any atom is 2.00 e. The molecule has 2 aromatic carbocycles. The smallest absolute Gasteiger partial charge is 0.863 e. The molecule has 0 fully saturated rings. The first-order valence-electron chi connectivity index (χ1n) is 7.25. The Labute approximate surface area is 193 Å². The van der Waals surface area contributed by atoms with E-state index in [1.165, 1.54) is 0 Å². The van der Waals surface area contributed by atoms with Crippen LogP contribution in [0.25, 0.3) is 0 Å². The van der Waals surface area contributed by atoms with Crippen molar-refractivity contribution in [2.75, 3.05) is 0 Å². The van der Waals surface area contributed by atoms with Crippen LogP contribution in [0, 0.1) is 60.7 Å². The second kappa shape index (κ2) is 12.1. The summed E-state index contributed by atoms with van der Waals surface area (Å²) >= 11 is 0. The summed E-state index contributed by atoms with van der Waals surface area (Å²) in [5.74, 6) is -2.92. The number of nitro groups is 6. The Balaban J connectivity index is 0. The van der Waals surface area contributed by atoms with Gasteiger partial charge in [0.25, 0.3) is 34.1 Å². The van der Waals surface area contributed by atoms with Gasteiger partial charge in [0, 0.05) is 0 Å². The van der Waals surface area contributed by atoms with Crippen molar-refractivity contribution < 1.29 is 61.7 Å². The Hall–Kier alpha value is -5.11. The number of non-ortho nitro benzene ring substituents is 2. The molecular weight excluding hydrogens is 527 g/mol. The molecule has 0 saturated heterocycles. The molecule has 34 heavy (non-hydrogen) atoms. The first-order chi connectivity index (χ1) is 14.7. The van der Waals surface area contributed by atoms with E-state index in [4.69, 9.17) is 0 Å². The summed E-state index contributed by atoms with van der Waals surface area (Å²) in [6.07, 6.45) is 0. The summed E-state index contributed by atoms with van der Waals surface area (Å²) in [6.45, 7) is 0. The van der Waals surface area contributed by atoms with Crippen LogP contribution in [0.5, 0.6) is 11.5 Å². The van der Waals surface area contributed by atoms with E-state index in [0.717, 1.165) is 0 Å². The van der Waals surface area contributed by atoms with E-state index >= 15 is 0 Å². The van der Waals surface area contributed by atoms with Crippen LogP contribution in [0.1, 0.15) is 0 Å². The third kappa shape index (κ3) is 6.96. The van der Waals surface area contributed by atoms with Crippen molar-refractivity contribution >= 4 is 34.1 Å². The number of nitrogens with zero attached hydrogens (tertiary/aromatic N) is 6. The second-order valence-corrected chi connectivity index (χ2v) is 5.17. The monoisotopic (exact) mass is 532 g/mol. The molecule has 2 N–H and O–H groups in total. The predicted octanol–water partition coefficient (Wildman–Crippen LogP) is 0.142. The quantitative estimate of drug-likeness (QED) is 0.271. The molecule has 0 heterocycles. The molecule has 184 valence electrons. The molecule has 0 radical (unpaired) electrons. The molecule has 0 aliphatic carbocycles. The van der Waals surface area contributed by atoms with E-state index in [0.29, 0.717) is 24.3 Å². The van der Waals surface area contributed by atoms with E-state index in [2.05, 4.69) is 0 Å². The summed E-state index contributed by atoms with van der Waals surface area (Å²) < 4.78 is 0. The van der Waals surface area contributed by atoms with E-state index in [1.807, 2.05) is 0 Å². The Morgan fingerprint density at radius 3 is 0.735 bits per heavy atom. The molecule has 0 aromatic heterocycles. The first-order valence-corrected chi connectivity index (χ1v) is 7.25. The topological polar surface area (TPSA) is 336 Å². The van der Waals surface area contributed by atoms with Crippen molar-refractivity contribution in [2.24, 2.45) is 0 Å².